The average Bonchev–Trinajstić information content (AvgIpc) is 2.77. The highest BCUT2D eigenvalue weighted by atomic mass is 35.5. The van der Waals surface area contributed by atoms with Crippen LogP contribution in [0.5, 0.6) is 0 Å². The van der Waals surface area contributed by atoms with E-state index >= 15 is 0 Å². The van der Waals surface area contributed by atoms with Crippen LogP contribution in [-0.2, 0) is 7.05 Å². The number of rotatable bonds is 2. The Kier molecular flexibility index (Phi) is 4.14. The zero-order valence-corrected chi connectivity index (χ0v) is 13.6. The predicted molar refractivity (Wildman–Crippen MR) is 88.9 cm³/mol. The Balaban J connectivity index is 2.17. The number of aryl methyl sites for hydroxylation is 1. The standard InChI is InChI=1S/C16H19Cl2N3/c1-21-16(19)14(13-11(17)8-5-9-12(13)18)15(20-21)10-6-3-2-4-7-10/h5,8-10H,2-4,6-7,19H2,1H3. The van der Waals surface area contributed by atoms with E-state index in [1.165, 1.54) is 19.3 Å². The molecule has 3 nitrogen and oxygen atoms in total. The van der Waals surface area contributed by atoms with Gasteiger partial charge in [-0.1, -0.05) is 48.5 Å². The zero-order valence-electron chi connectivity index (χ0n) is 12.1. The molecule has 21 heavy (non-hydrogen) atoms. The highest BCUT2D eigenvalue weighted by Crippen LogP contribution is 2.44. The summed E-state index contributed by atoms with van der Waals surface area (Å²) < 4.78 is 1.74. The molecule has 112 valence electrons. The molecule has 0 amide bonds. The zero-order chi connectivity index (χ0) is 15.0. The van der Waals surface area contributed by atoms with Crippen LogP contribution in [-0.4, -0.2) is 9.78 Å². The number of hydrogen-bond acceptors (Lipinski definition) is 2. The molecule has 0 spiro atoms. The van der Waals surface area contributed by atoms with Crippen molar-refractivity contribution in [2.45, 2.75) is 38.0 Å². The van der Waals surface area contributed by atoms with E-state index in [9.17, 15) is 0 Å². The predicted octanol–water partition coefficient (Wildman–Crippen LogP) is 5.02. The molecule has 5 heteroatoms. The van der Waals surface area contributed by atoms with Gasteiger partial charge in [-0.3, -0.25) is 4.68 Å². The second-order valence-electron chi connectivity index (χ2n) is 5.70. The molecule has 3 rings (SSSR count). The summed E-state index contributed by atoms with van der Waals surface area (Å²) in [5, 5.41) is 5.92. The first-order valence-electron chi connectivity index (χ1n) is 7.36. The maximum absolute atomic E-state index is 6.38. The van der Waals surface area contributed by atoms with Crippen LogP contribution in [0.4, 0.5) is 5.82 Å². The van der Waals surface area contributed by atoms with Crippen LogP contribution >= 0.6 is 23.2 Å². The number of halogens is 2. The van der Waals surface area contributed by atoms with Gasteiger partial charge in [0.15, 0.2) is 0 Å². The molecule has 0 bridgehead atoms. The lowest BCUT2D eigenvalue weighted by molar-refractivity contribution is 0.434. The summed E-state index contributed by atoms with van der Waals surface area (Å²) in [4.78, 5) is 0. The van der Waals surface area contributed by atoms with Crippen LogP contribution in [0.2, 0.25) is 10.0 Å². The van der Waals surface area contributed by atoms with Gasteiger partial charge in [-0.2, -0.15) is 5.10 Å². The quantitative estimate of drug-likeness (QED) is 0.842. The van der Waals surface area contributed by atoms with E-state index in [2.05, 4.69) is 5.10 Å². The van der Waals surface area contributed by atoms with Crippen molar-refractivity contribution in [1.82, 2.24) is 9.78 Å². The first kappa shape index (κ1) is 14.7. The third-order valence-corrected chi connectivity index (χ3v) is 4.95. The van der Waals surface area contributed by atoms with Crippen LogP contribution in [0.3, 0.4) is 0 Å². The molecule has 0 atom stereocenters. The van der Waals surface area contributed by atoms with Gasteiger partial charge >= 0.3 is 0 Å². The van der Waals surface area contributed by atoms with Gasteiger partial charge in [-0.05, 0) is 25.0 Å². The van der Waals surface area contributed by atoms with Crippen molar-refractivity contribution in [3.05, 3.63) is 33.9 Å². The molecule has 1 aromatic heterocycles. The summed E-state index contributed by atoms with van der Waals surface area (Å²) in [7, 11) is 1.87. The Labute approximate surface area is 135 Å². The Morgan fingerprint density at radius 1 is 1.10 bits per heavy atom. The van der Waals surface area contributed by atoms with Crippen molar-refractivity contribution >= 4 is 29.0 Å². The van der Waals surface area contributed by atoms with E-state index in [1.54, 1.807) is 4.68 Å². The highest BCUT2D eigenvalue weighted by molar-refractivity contribution is 6.39. The lowest BCUT2D eigenvalue weighted by Gasteiger charge is -2.21. The third-order valence-electron chi connectivity index (χ3n) is 4.32. The molecule has 0 radical (unpaired) electrons. The Hall–Kier alpha value is -1.19. The maximum Gasteiger partial charge on any atom is 0.129 e. The van der Waals surface area contributed by atoms with E-state index in [0.29, 0.717) is 21.8 Å². The average molecular weight is 324 g/mol. The van der Waals surface area contributed by atoms with Gasteiger partial charge in [0.2, 0.25) is 0 Å². The van der Waals surface area contributed by atoms with Crippen LogP contribution in [0, 0.1) is 0 Å². The number of nitrogens with zero attached hydrogens (tertiary/aromatic N) is 2. The van der Waals surface area contributed by atoms with Crippen LogP contribution < -0.4 is 5.73 Å². The van der Waals surface area contributed by atoms with E-state index in [1.807, 2.05) is 25.2 Å². The Morgan fingerprint density at radius 3 is 2.33 bits per heavy atom. The van der Waals surface area contributed by atoms with Gasteiger partial charge in [0.1, 0.15) is 5.82 Å². The van der Waals surface area contributed by atoms with Gasteiger partial charge in [-0.15, -0.1) is 0 Å². The van der Waals surface area contributed by atoms with Gasteiger partial charge in [0, 0.05) is 18.5 Å². The van der Waals surface area contributed by atoms with Crippen LogP contribution in [0.1, 0.15) is 43.7 Å². The minimum absolute atomic E-state index is 0.449. The van der Waals surface area contributed by atoms with Crippen molar-refractivity contribution in [3.63, 3.8) is 0 Å². The Morgan fingerprint density at radius 2 is 1.71 bits per heavy atom. The molecule has 1 aliphatic carbocycles. The molecule has 2 aromatic rings. The molecule has 1 saturated carbocycles. The van der Waals surface area contributed by atoms with E-state index < -0.39 is 0 Å². The molecule has 0 saturated heterocycles. The van der Waals surface area contributed by atoms with E-state index in [0.717, 1.165) is 29.7 Å². The van der Waals surface area contributed by atoms with Crippen molar-refractivity contribution < 1.29 is 0 Å². The smallest absolute Gasteiger partial charge is 0.129 e. The topological polar surface area (TPSA) is 43.8 Å². The lowest BCUT2D eigenvalue weighted by Crippen LogP contribution is -2.07. The monoisotopic (exact) mass is 323 g/mol. The number of hydrogen-bond donors (Lipinski definition) is 1. The van der Waals surface area contributed by atoms with Crippen molar-refractivity contribution in [3.8, 4) is 11.1 Å². The first-order valence-corrected chi connectivity index (χ1v) is 8.12. The van der Waals surface area contributed by atoms with Crippen molar-refractivity contribution in [1.29, 1.82) is 0 Å². The molecule has 1 aromatic carbocycles. The fraction of sp³-hybridized carbons (Fsp3) is 0.438. The fourth-order valence-electron chi connectivity index (χ4n) is 3.21. The third kappa shape index (κ3) is 2.65. The molecule has 0 aliphatic heterocycles. The minimum atomic E-state index is 0.449. The number of benzene rings is 1. The molecule has 2 N–H and O–H groups in total. The minimum Gasteiger partial charge on any atom is -0.383 e. The van der Waals surface area contributed by atoms with E-state index in [4.69, 9.17) is 28.9 Å². The van der Waals surface area contributed by atoms with Crippen LogP contribution in [0.25, 0.3) is 11.1 Å². The largest absolute Gasteiger partial charge is 0.383 e. The first-order chi connectivity index (χ1) is 10.1. The summed E-state index contributed by atoms with van der Waals surface area (Å²) >= 11 is 12.8. The van der Waals surface area contributed by atoms with Gasteiger partial charge < -0.3 is 5.73 Å². The van der Waals surface area contributed by atoms with Crippen molar-refractivity contribution in [2.24, 2.45) is 7.05 Å². The summed E-state index contributed by atoms with van der Waals surface area (Å²) in [5.74, 6) is 1.08. The second kappa shape index (κ2) is 5.90. The molecule has 1 heterocycles. The molecular formula is C16H19Cl2N3. The normalized spacial score (nSPS) is 16.3. The summed E-state index contributed by atoms with van der Waals surface area (Å²) in [6, 6.07) is 5.54. The number of nitrogens with two attached hydrogens (primary N) is 1. The van der Waals surface area contributed by atoms with Gasteiger partial charge in [0.05, 0.1) is 21.3 Å². The molecule has 1 fully saturated rings. The highest BCUT2D eigenvalue weighted by Gasteiger charge is 2.27. The van der Waals surface area contributed by atoms with Crippen molar-refractivity contribution in [2.75, 3.05) is 5.73 Å². The Bertz CT molecular complexity index is 638. The van der Waals surface area contributed by atoms with Gasteiger partial charge in [-0.25, -0.2) is 0 Å². The number of nitrogen functional groups attached to an aromatic ring is 1. The molecular weight excluding hydrogens is 305 g/mol. The van der Waals surface area contributed by atoms with Crippen LogP contribution in [0.15, 0.2) is 18.2 Å². The summed E-state index contributed by atoms with van der Waals surface area (Å²) in [6.07, 6.45) is 6.12. The fourth-order valence-corrected chi connectivity index (χ4v) is 3.80. The maximum atomic E-state index is 6.38. The molecule has 1 aliphatic rings. The number of aromatic nitrogens is 2. The summed E-state index contributed by atoms with van der Waals surface area (Å²) in [5.41, 5.74) is 9.04. The van der Waals surface area contributed by atoms with Gasteiger partial charge in [0.25, 0.3) is 0 Å². The SMILES string of the molecule is Cn1nc(C2CCCCC2)c(-c2c(Cl)cccc2Cl)c1N. The lowest BCUT2D eigenvalue weighted by atomic mass is 9.84. The molecule has 0 unspecified atom stereocenters. The van der Waals surface area contributed by atoms with E-state index in [-0.39, 0.29) is 0 Å². The second-order valence-corrected chi connectivity index (χ2v) is 6.52. The number of anilines is 1. The summed E-state index contributed by atoms with van der Waals surface area (Å²) in [6.45, 7) is 0.